The van der Waals surface area contributed by atoms with Crippen molar-refractivity contribution in [2.75, 3.05) is 32.8 Å². The Labute approximate surface area is 115 Å². The van der Waals surface area contributed by atoms with Crippen LogP contribution in [0, 0.1) is 0 Å². The summed E-state index contributed by atoms with van der Waals surface area (Å²) >= 11 is 0. The number of benzene rings is 1. The fraction of sp³-hybridized carbons (Fsp3) is 0.562. The molecule has 2 heterocycles. The zero-order valence-corrected chi connectivity index (χ0v) is 11.4. The maximum absolute atomic E-state index is 5.37. The molecule has 102 valence electrons. The number of fused-ring (bicyclic) bond motifs is 1. The van der Waals surface area contributed by atoms with E-state index in [9.17, 15) is 0 Å². The Balaban J connectivity index is 1.45. The lowest BCUT2D eigenvalue weighted by atomic mass is 9.95. The average Bonchev–Trinajstić information content (AvgIpc) is 2.48. The molecule has 3 rings (SSSR count). The number of ether oxygens (including phenoxy) is 1. The molecule has 0 aromatic heterocycles. The first kappa shape index (κ1) is 12.8. The standard InChI is InChI=1S/C16H22N2O/c1-2-5-15-13-17-16(12-14(15)4-1)6-3-7-18-8-10-19-11-9-18/h1-2,4-5,13,16H,3,6-12H2/t16-/m1/s1. The summed E-state index contributed by atoms with van der Waals surface area (Å²) in [5.41, 5.74) is 2.75. The molecule has 1 atom stereocenters. The number of rotatable bonds is 4. The SMILES string of the molecule is C1=N[C@H](CCCN2CCOCC2)Cc2ccccc21. The maximum Gasteiger partial charge on any atom is 0.0594 e. The minimum atomic E-state index is 0.482. The van der Waals surface area contributed by atoms with E-state index in [2.05, 4.69) is 40.4 Å². The van der Waals surface area contributed by atoms with E-state index < -0.39 is 0 Å². The highest BCUT2D eigenvalue weighted by atomic mass is 16.5. The Hall–Kier alpha value is -1.19. The van der Waals surface area contributed by atoms with Crippen LogP contribution in [0.3, 0.4) is 0 Å². The number of morpholine rings is 1. The minimum Gasteiger partial charge on any atom is -0.379 e. The fourth-order valence-electron chi connectivity index (χ4n) is 2.89. The van der Waals surface area contributed by atoms with Gasteiger partial charge in [0.2, 0.25) is 0 Å². The topological polar surface area (TPSA) is 24.8 Å². The molecule has 2 aliphatic rings. The third-order valence-electron chi connectivity index (χ3n) is 4.05. The van der Waals surface area contributed by atoms with Gasteiger partial charge in [0.15, 0.2) is 0 Å². The summed E-state index contributed by atoms with van der Waals surface area (Å²) < 4.78 is 5.37. The molecule has 0 N–H and O–H groups in total. The number of hydrogen-bond donors (Lipinski definition) is 0. The Bertz CT molecular complexity index is 438. The van der Waals surface area contributed by atoms with Gasteiger partial charge in [-0.25, -0.2) is 0 Å². The molecule has 1 fully saturated rings. The van der Waals surface area contributed by atoms with Crippen LogP contribution in [0.1, 0.15) is 24.0 Å². The van der Waals surface area contributed by atoms with Crippen molar-refractivity contribution in [1.29, 1.82) is 0 Å². The third-order valence-corrected chi connectivity index (χ3v) is 4.05. The second-order valence-electron chi connectivity index (χ2n) is 5.43. The molecule has 3 heteroatoms. The molecule has 3 nitrogen and oxygen atoms in total. The zero-order chi connectivity index (χ0) is 12.9. The van der Waals surface area contributed by atoms with Gasteiger partial charge in [0.05, 0.1) is 19.3 Å². The van der Waals surface area contributed by atoms with E-state index in [0.717, 1.165) is 32.7 Å². The smallest absolute Gasteiger partial charge is 0.0594 e. The van der Waals surface area contributed by atoms with Gasteiger partial charge in [-0.2, -0.15) is 0 Å². The largest absolute Gasteiger partial charge is 0.379 e. The summed E-state index contributed by atoms with van der Waals surface area (Å²) in [5.74, 6) is 0. The molecule has 0 aliphatic carbocycles. The van der Waals surface area contributed by atoms with Crippen molar-refractivity contribution in [2.45, 2.75) is 25.3 Å². The number of aliphatic imine (C=N–C) groups is 1. The van der Waals surface area contributed by atoms with Crippen LogP contribution in [-0.4, -0.2) is 50.0 Å². The van der Waals surface area contributed by atoms with Crippen molar-refractivity contribution in [3.05, 3.63) is 35.4 Å². The minimum absolute atomic E-state index is 0.482. The van der Waals surface area contributed by atoms with E-state index in [0.29, 0.717) is 6.04 Å². The Morgan fingerprint density at radius 1 is 1.21 bits per heavy atom. The Morgan fingerprint density at radius 2 is 2.05 bits per heavy atom. The summed E-state index contributed by atoms with van der Waals surface area (Å²) in [4.78, 5) is 7.19. The summed E-state index contributed by atoms with van der Waals surface area (Å²) in [6.45, 7) is 5.18. The second-order valence-corrected chi connectivity index (χ2v) is 5.43. The summed E-state index contributed by atoms with van der Waals surface area (Å²) in [6.07, 6.45) is 5.60. The molecule has 0 unspecified atom stereocenters. The Morgan fingerprint density at radius 3 is 2.95 bits per heavy atom. The van der Waals surface area contributed by atoms with Crippen LogP contribution in [-0.2, 0) is 11.2 Å². The molecule has 19 heavy (non-hydrogen) atoms. The molecule has 0 amide bonds. The molecule has 1 aromatic rings. The molecule has 2 aliphatic heterocycles. The quantitative estimate of drug-likeness (QED) is 0.826. The van der Waals surface area contributed by atoms with Gasteiger partial charge in [-0.15, -0.1) is 0 Å². The van der Waals surface area contributed by atoms with Gasteiger partial charge in [0.1, 0.15) is 0 Å². The first-order valence-corrected chi connectivity index (χ1v) is 7.33. The van der Waals surface area contributed by atoms with Gasteiger partial charge in [-0.1, -0.05) is 24.3 Å². The lowest BCUT2D eigenvalue weighted by Crippen LogP contribution is -2.37. The van der Waals surface area contributed by atoms with Crippen LogP contribution in [0.25, 0.3) is 0 Å². The van der Waals surface area contributed by atoms with Crippen LogP contribution >= 0.6 is 0 Å². The van der Waals surface area contributed by atoms with Crippen LogP contribution in [0.4, 0.5) is 0 Å². The summed E-state index contributed by atoms with van der Waals surface area (Å²) in [5, 5.41) is 0. The van der Waals surface area contributed by atoms with Gasteiger partial charge in [-0.05, 0) is 36.9 Å². The van der Waals surface area contributed by atoms with Crippen molar-refractivity contribution in [3.63, 3.8) is 0 Å². The number of nitrogens with zero attached hydrogens (tertiary/aromatic N) is 2. The van der Waals surface area contributed by atoms with Crippen molar-refractivity contribution < 1.29 is 4.74 Å². The van der Waals surface area contributed by atoms with Crippen molar-refractivity contribution >= 4 is 6.21 Å². The highest BCUT2D eigenvalue weighted by Crippen LogP contribution is 2.18. The molecule has 0 radical (unpaired) electrons. The molecule has 1 saturated heterocycles. The molecular formula is C16H22N2O. The summed E-state index contributed by atoms with van der Waals surface area (Å²) in [7, 11) is 0. The maximum atomic E-state index is 5.37. The van der Waals surface area contributed by atoms with E-state index in [1.54, 1.807) is 0 Å². The van der Waals surface area contributed by atoms with Crippen LogP contribution in [0.15, 0.2) is 29.3 Å². The van der Waals surface area contributed by atoms with Crippen molar-refractivity contribution in [1.82, 2.24) is 4.90 Å². The van der Waals surface area contributed by atoms with Crippen LogP contribution < -0.4 is 0 Å². The zero-order valence-electron chi connectivity index (χ0n) is 11.4. The predicted octanol–water partition coefficient (Wildman–Crippen LogP) is 2.14. The predicted molar refractivity (Wildman–Crippen MR) is 78.0 cm³/mol. The highest BCUT2D eigenvalue weighted by molar-refractivity contribution is 5.83. The van der Waals surface area contributed by atoms with E-state index in [1.807, 2.05) is 0 Å². The van der Waals surface area contributed by atoms with Gasteiger partial charge in [0, 0.05) is 19.3 Å². The first-order chi connectivity index (χ1) is 9.42. The van der Waals surface area contributed by atoms with E-state index in [1.165, 1.54) is 30.5 Å². The second kappa shape index (κ2) is 6.31. The average molecular weight is 258 g/mol. The fourth-order valence-corrected chi connectivity index (χ4v) is 2.89. The third kappa shape index (κ3) is 3.43. The number of hydrogen-bond acceptors (Lipinski definition) is 3. The summed E-state index contributed by atoms with van der Waals surface area (Å²) in [6, 6.07) is 9.08. The highest BCUT2D eigenvalue weighted by Gasteiger charge is 2.15. The van der Waals surface area contributed by atoms with Crippen molar-refractivity contribution in [2.24, 2.45) is 4.99 Å². The monoisotopic (exact) mass is 258 g/mol. The molecule has 0 saturated carbocycles. The first-order valence-electron chi connectivity index (χ1n) is 7.33. The normalized spacial score (nSPS) is 23.3. The molecular weight excluding hydrogens is 236 g/mol. The van der Waals surface area contributed by atoms with Gasteiger partial charge in [0.25, 0.3) is 0 Å². The lowest BCUT2D eigenvalue weighted by molar-refractivity contribution is 0.0370. The van der Waals surface area contributed by atoms with Gasteiger partial charge in [-0.3, -0.25) is 9.89 Å². The van der Waals surface area contributed by atoms with Gasteiger partial charge >= 0.3 is 0 Å². The lowest BCUT2D eigenvalue weighted by Gasteiger charge is -2.27. The van der Waals surface area contributed by atoms with E-state index >= 15 is 0 Å². The Kier molecular flexibility index (Phi) is 4.26. The molecule has 1 aromatic carbocycles. The molecule has 0 spiro atoms. The van der Waals surface area contributed by atoms with Gasteiger partial charge < -0.3 is 4.74 Å². The van der Waals surface area contributed by atoms with Crippen LogP contribution in [0.2, 0.25) is 0 Å². The van der Waals surface area contributed by atoms with Crippen LogP contribution in [0.5, 0.6) is 0 Å². The van der Waals surface area contributed by atoms with E-state index in [-0.39, 0.29) is 0 Å². The van der Waals surface area contributed by atoms with E-state index in [4.69, 9.17) is 4.74 Å². The molecule has 0 bridgehead atoms. The van der Waals surface area contributed by atoms with Crippen molar-refractivity contribution in [3.8, 4) is 0 Å².